The number of rotatable bonds is 3. The first-order valence-electron chi connectivity index (χ1n) is 8.61. The van der Waals surface area contributed by atoms with Crippen LogP contribution in [0.15, 0.2) is 24.5 Å². The molecule has 0 radical (unpaired) electrons. The van der Waals surface area contributed by atoms with Crippen LogP contribution in [0.2, 0.25) is 0 Å². The third-order valence-corrected chi connectivity index (χ3v) is 4.69. The van der Waals surface area contributed by atoms with Crippen LogP contribution in [0.5, 0.6) is 0 Å². The van der Waals surface area contributed by atoms with Gasteiger partial charge < -0.3 is 9.80 Å². The smallest absolute Gasteiger partial charge is 0.255 e. The average Bonchev–Trinajstić information content (AvgIpc) is 2.61. The summed E-state index contributed by atoms with van der Waals surface area (Å²) < 4.78 is 13.1. The number of piperazine rings is 1. The van der Waals surface area contributed by atoms with Gasteiger partial charge in [0.15, 0.2) is 0 Å². The maximum Gasteiger partial charge on any atom is 0.255 e. The quantitative estimate of drug-likeness (QED) is 0.805. The van der Waals surface area contributed by atoms with E-state index in [0.717, 1.165) is 30.9 Å². The van der Waals surface area contributed by atoms with Gasteiger partial charge in [0.1, 0.15) is 5.82 Å². The summed E-state index contributed by atoms with van der Waals surface area (Å²) in [5.41, 5.74) is 3.48. The molecule has 2 aromatic heterocycles. The Kier molecular flexibility index (Phi) is 4.97. The lowest BCUT2D eigenvalue weighted by molar-refractivity contribution is 0.0745. The molecule has 0 N–H and O–H groups in total. The Morgan fingerprint density at radius 2 is 1.80 bits per heavy atom. The second-order valence-electron chi connectivity index (χ2n) is 6.44. The van der Waals surface area contributed by atoms with Crippen molar-refractivity contribution in [2.75, 3.05) is 31.1 Å². The van der Waals surface area contributed by atoms with E-state index in [-0.39, 0.29) is 5.91 Å². The monoisotopic (exact) mass is 342 g/mol. The van der Waals surface area contributed by atoms with Gasteiger partial charge in [0.2, 0.25) is 5.95 Å². The van der Waals surface area contributed by atoms with Crippen LogP contribution < -0.4 is 4.90 Å². The molecule has 0 spiro atoms. The van der Waals surface area contributed by atoms with E-state index in [1.165, 1.54) is 17.8 Å². The molecule has 3 heterocycles. The van der Waals surface area contributed by atoms with E-state index in [9.17, 15) is 9.18 Å². The maximum absolute atomic E-state index is 13.1. The molecule has 5 nitrogen and oxygen atoms in total. The second-order valence-corrected chi connectivity index (χ2v) is 6.44. The zero-order chi connectivity index (χ0) is 18.0. The van der Waals surface area contributed by atoms with Crippen LogP contribution in [0.1, 0.15) is 34.0 Å². The van der Waals surface area contributed by atoms with E-state index >= 15 is 0 Å². The predicted molar refractivity (Wildman–Crippen MR) is 95.4 cm³/mol. The van der Waals surface area contributed by atoms with Crippen molar-refractivity contribution < 1.29 is 9.18 Å². The topological polar surface area (TPSA) is 49.3 Å². The molecule has 1 saturated heterocycles. The van der Waals surface area contributed by atoms with Crippen molar-refractivity contribution in [2.24, 2.45) is 0 Å². The van der Waals surface area contributed by atoms with Gasteiger partial charge in [-0.3, -0.25) is 4.79 Å². The Morgan fingerprint density at radius 1 is 1.08 bits per heavy atom. The molecular formula is C19H23FN4O. The fraction of sp³-hybridized carbons (Fsp3) is 0.421. The number of hydrogen-bond donors (Lipinski definition) is 0. The predicted octanol–water partition coefficient (Wildman–Crippen LogP) is 2.76. The maximum atomic E-state index is 13.1. The van der Waals surface area contributed by atoms with E-state index < -0.39 is 5.95 Å². The summed E-state index contributed by atoms with van der Waals surface area (Å²) in [4.78, 5) is 24.9. The highest BCUT2D eigenvalue weighted by atomic mass is 19.1. The third kappa shape index (κ3) is 3.62. The highest BCUT2D eigenvalue weighted by molar-refractivity contribution is 5.95. The Balaban J connectivity index is 1.68. The van der Waals surface area contributed by atoms with E-state index in [1.807, 2.05) is 6.20 Å². The number of carbonyl (C=O) groups excluding carboxylic acids is 1. The van der Waals surface area contributed by atoms with Crippen LogP contribution in [-0.2, 0) is 6.42 Å². The molecule has 0 aromatic carbocycles. The normalized spacial score (nSPS) is 14.7. The largest absolute Gasteiger partial charge is 0.353 e. The Morgan fingerprint density at radius 3 is 2.40 bits per heavy atom. The van der Waals surface area contributed by atoms with E-state index in [0.29, 0.717) is 24.2 Å². The third-order valence-electron chi connectivity index (χ3n) is 4.69. The van der Waals surface area contributed by atoms with Crippen molar-refractivity contribution in [3.63, 3.8) is 0 Å². The lowest BCUT2D eigenvalue weighted by atomic mass is 10.1. The van der Waals surface area contributed by atoms with Gasteiger partial charge in [-0.05, 0) is 43.0 Å². The van der Waals surface area contributed by atoms with E-state index in [2.05, 4.69) is 34.8 Å². The molecule has 25 heavy (non-hydrogen) atoms. The van der Waals surface area contributed by atoms with E-state index in [1.54, 1.807) is 11.8 Å². The number of halogens is 1. The number of anilines is 1. The molecule has 132 valence electrons. The standard InChI is InChI=1S/C19H23FN4O/c1-4-15-9-14(3)18(22-11-15)23-5-7-24(8-6-23)19(25)16-12-21-17(20)10-13(16)2/h9-12H,4-8H2,1-3H3. The highest BCUT2D eigenvalue weighted by Crippen LogP contribution is 2.21. The first kappa shape index (κ1) is 17.3. The van der Waals surface area contributed by atoms with Crippen molar-refractivity contribution in [3.05, 3.63) is 52.7 Å². The molecule has 0 bridgehead atoms. The summed E-state index contributed by atoms with van der Waals surface area (Å²) in [5, 5.41) is 0. The molecule has 2 aromatic rings. The van der Waals surface area contributed by atoms with Crippen LogP contribution in [-0.4, -0.2) is 47.0 Å². The molecule has 0 atom stereocenters. The summed E-state index contributed by atoms with van der Waals surface area (Å²) in [6.45, 7) is 8.63. The molecule has 3 rings (SSSR count). The lowest BCUT2D eigenvalue weighted by Gasteiger charge is -2.36. The number of amides is 1. The minimum Gasteiger partial charge on any atom is -0.353 e. The van der Waals surface area contributed by atoms with Crippen LogP contribution in [0.3, 0.4) is 0 Å². The Bertz CT molecular complexity index is 785. The second kappa shape index (κ2) is 7.17. The van der Waals surface area contributed by atoms with Crippen molar-refractivity contribution >= 4 is 11.7 Å². The van der Waals surface area contributed by atoms with Crippen LogP contribution in [0.25, 0.3) is 0 Å². The molecule has 1 aliphatic heterocycles. The van der Waals surface area contributed by atoms with Crippen LogP contribution >= 0.6 is 0 Å². The molecule has 1 fully saturated rings. The zero-order valence-electron chi connectivity index (χ0n) is 14.9. The van der Waals surface area contributed by atoms with Gasteiger partial charge in [-0.15, -0.1) is 0 Å². The summed E-state index contributed by atoms with van der Waals surface area (Å²) in [6, 6.07) is 3.47. The number of hydrogen-bond acceptors (Lipinski definition) is 4. The molecule has 0 aliphatic carbocycles. The summed E-state index contributed by atoms with van der Waals surface area (Å²) in [6.07, 6.45) is 4.23. The lowest BCUT2D eigenvalue weighted by Crippen LogP contribution is -2.49. The fourth-order valence-electron chi connectivity index (χ4n) is 3.19. The van der Waals surface area contributed by atoms with Gasteiger partial charge in [0, 0.05) is 38.6 Å². The first-order valence-corrected chi connectivity index (χ1v) is 8.61. The molecule has 6 heteroatoms. The summed E-state index contributed by atoms with van der Waals surface area (Å²) >= 11 is 0. The Labute approximate surface area is 147 Å². The van der Waals surface area contributed by atoms with Crippen molar-refractivity contribution in [2.45, 2.75) is 27.2 Å². The van der Waals surface area contributed by atoms with Gasteiger partial charge in [-0.25, -0.2) is 9.97 Å². The van der Waals surface area contributed by atoms with Crippen molar-refractivity contribution in [1.29, 1.82) is 0 Å². The molecular weight excluding hydrogens is 319 g/mol. The fourth-order valence-corrected chi connectivity index (χ4v) is 3.19. The van der Waals surface area contributed by atoms with E-state index in [4.69, 9.17) is 0 Å². The molecule has 1 amide bonds. The van der Waals surface area contributed by atoms with Gasteiger partial charge in [-0.2, -0.15) is 4.39 Å². The highest BCUT2D eigenvalue weighted by Gasteiger charge is 2.24. The summed E-state index contributed by atoms with van der Waals surface area (Å²) in [7, 11) is 0. The van der Waals surface area contributed by atoms with Crippen molar-refractivity contribution in [1.82, 2.24) is 14.9 Å². The molecule has 0 saturated carbocycles. The zero-order valence-corrected chi connectivity index (χ0v) is 14.9. The first-order chi connectivity index (χ1) is 12.0. The number of nitrogens with zero attached hydrogens (tertiary/aromatic N) is 4. The molecule has 1 aliphatic rings. The molecule has 0 unspecified atom stereocenters. The van der Waals surface area contributed by atoms with Gasteiger partial charge in [0.25, 0.3) is 5.91 Å². The number of pyridine rings is 2. The summed E-state index contributed by atoms with van der Waals surface area (Å²) in [5.74, 6) is 0.343. The SMILES string of the molecule is CCc1cnc(N2CCN(C(=O)c3cnc(F)cc3C)CC2)c(C)c1. The average molecular weight is 342 g/mol. The van der Waals surface area contributed by atoms with Gasteiger partial charge >= 0.3 is 0 Å². The number of aromatic nitrogens is 2. The van der Waals surface area contributed by atoms with Gasteiger partial charge in [0.05, 0.1) is 5.56 Å². The number of aryl methyl sites for hydroxylation is 3. The minimum atomic E-state index is -0.559. The van der Waals surface area contributed by atoms with Gasteiger partial charge in [-0.1, -0.05) is 13.0 Å². The van der Waals surface area contributed by atoms with Crippen LogP contribution in [0.4, 0.5) is 10.2 Å². The van der Waals surface area contributed by atoms with Crippen molar-refractivity contribution in [3.8, 4) is 0 Å². The Hall–Kier alpha value is -2.50. The number of carbonyl (C=O) groups is 1. The minimum absolute atomic E-state index is 0.0873. The van der Waals surface area contributed by atoms with Crippen LogP contribution in [0, 0.1) is 19.8 Å².